The summed E-state index contributed by atoms with van der Waals surface area (Å²) in [5, 5.41) is 8.16. The van der Waals surface area contributed by atoms with Gasteiger partial charge in [0.25, 0.3) is 5.91 Å². The smallest absolute Gasteiger partial charge is 0.407 e. The van der Waals surface area contributed by atoms with E-state index in [0.29, 0.717) is 5.02 Å². The number of rotatable bonds is 5. The number of nitrogens with two attached hydrogens (primary N) is 1. The third-order valence-corrected chi connectivity index (χ3v) is 6.86. The zero-order valence-corrected chi connectivity index (χ0v) is 18.7. The molecule has 0 bridgehead atoms. The van der Waals surface area contributed by atoms with E-state index >= 15 is 0 Å². The van der Waals surface area contributed by atoms with Crippen molar-refractivity contribution in [2.75, 3.05) is 18.0 Å². The van der Waals surface area contributed by atoms with E-state index in [2.05, 4.69) is 27.5 Å². The molecule has 5 rings (SSSR count). The molecule has 2 aliphatic rings. The van der Waals surface area contributed by atoms with Gasteiger partial charge in [0.05, 0.1) is 5.52 Å². The minimum Gasteiger partial charge on any atom is -0.441 e. The Kier molecular flexibility index (Phi) is 5.57. The lowest BCUT2D eigenvalue weighted by Crippen LogP contribution is -2.55. The SMILES string of the molecule is NC(=O)c1cc(COC(=O)NC2CC3(CCN(c4ccc5cc(Cl)ccc5n4)CC3)C2)on1. The predicted molar refractivity (Wildman–Crippen MR) is 122 cm³/mol. The van der Waals surface area contributed by atoms with Gasteiger partial charge in [-0.1, -0.05) is 16.8 Å². The average molecular weight is 470 g/mol. The topological polar surface area (TPSA) is 124 Å². The van der Waals surface area contributed by atoms with E-state index in [1.165, 1.54) is 6.07 Å². The lowest BCUT2D eigenvalue weighted by Gasteiger charge is -2.52. The van der Waals surface area contributed by atoms with E-state index in [4.69, 9.17) is 31.6 Å². The summed E-state index contributed by atoms with van der Waals surface area (Å²) >= 11 is 6.07. The molecule has 1 aliphatic carbocycles. The van der Waals surface area contributed by atoms with Gasteiger partial charge < -0.3 is 25.2 Å². The molecule has 2 fully saturated rings. The largest absolute Gasteiger partial charge is 0.441 e. The molecule has 3 N–H and O–H groups in total. The standard InChI is InChI=1S/C23H24ClN5O4/c24-15-2-3-18-14(9-15)1-4-20(27-18)29-7-5-23(6-8-29)11-16(12-23)26-22(31)32-13-17-10-19(21(25)30)28-33-17/h1-4,9-10,16H,5-8,11-13H2,(H2,25,30)(H,26,31). The minimum absolute atomic E-state index is 0.00423. The number of ether oxygens (including phenoxy) is 1. The van der Waals surface area contributed by atoms with E-state index in [1.807, 2.05) is 18.2 Å². The molecule has 1 saturated heterocycles. The van der Waals surface area contributed by atoms with Gasteiger partial charge in [0.2, 0.25) is 0 Å². The molecule has 172 valence electrons. The third-order valence-electron chi connectivity index (χ3n) is 6.62. The monoisotopic (exact) mass is 469 g/mol. The van der Waals surface area contributed by atoms with E-state index < -0.39 is 12.0 Å². The molecule has 1 aliphatic heterocycles. The number of amides is 2. The highest BCUT2D eigenvalue weighted by molar-refractivity contribution is 6.31. The molecule has 2 amide bonds. The minimum atomic E-state index is -0.693. The van der Waals surface area contributed by atoms with Crippen LogP contribution in [0.2, 0.25) is 5.02 Å². The number of carbonyl (C=O) groups excluding carboxylic acids is 2. The van der Waals surface area contributed by atoms with Gasteiger partial charge in [0.15, 0.2) is 18.1 Å². The van der Waals surface area contributed by atoms with Crippen molar-refractivity contribution in [1.82, 2.24) is 15.5 Å². The number of halogens is 1. The van der Waals surface area contributed by atoms with Crippen LogP contribution in [0.3, 0.4) is 0 Å². The predicted octanol–water partition coefficient (Wildman–Crippen LogP) is 3.65. The zero-order chi connectivity index (χ0) is 23.0. The number of anilines is 1. The summed E-state index contributed by atoms with van der Waals surface area (Å²) < 4.78 is 10.1. The van der Waals surface area contributed by atoms with Gasteiger partial charge in [-0.2, -0.15) is 0 Å². The second-order valence-electron chi connectivity index (χ2n) is 8.86. The van der Waals surface area contributed by atoms with Crippen LogP contribution >= 0.6 is 11.6 Å². The Labute approximate surface area is 195 Å². The fraction of sp³-hybridized carbons (Fsp3) is 0.391. The van der Waals surface area contributed by atoms with Gasteiger partial charge in [-0.15, -0.1) is 0 Å². The van der Waals surface area contributed by atoms with Gasteiger partial charge in [-0.05, 0) is 61.4 Å². The summed E-state index contributed by atoms with van der Waals surface area (Å²) in [6, 6.07) is 11.3. The summed E-state index contributed by atoms with van der Waals surface area (Å²) in [6.45, 7) is 1.78. The molecule has 2 aromatic heterocycles. The maximum atomic E-state index is 12.1. The maximum Gasteiger partial charge on any atom is 0.407 e. The summed E-state index contributed by atoms with van der Waals surface area (Å²) in [6.07, 6.45) is 3.49. The highest BCUT2D eigenvalue weighted by atomic mass is 35.5. The molecular weight excluding hydrogens is 446 g/mol. The Balaban J connectivity index is 1.08. The number of fused-ring (bicyclic) bond motifs is 1. The van der Waals surface area contributed by atoms with Crippen LogP contribution in [0.15, 0.2) is 40.9 Å². The first-order valence-electron chi connectivity index (χ1n) is 10.9. The molecule has 0 atom stereocenters. The number of aromatic nitrogens is 2. The van der Waals surface area contributed by atoms with Crippen molar-refractivity contribution >= 4 is 40.3 Å². The van der Waals surface area contributed by atoms with Crippen LogP contribution in [-0.2, 0) is 11.3 Å². The van der Waals surface area contributed by atoms with Crippen LogP contribution in [0.1, 0.15) is 41.9 Å². The molecule has 33 heavy (non-hydrogen) atoms. The van der Waals surface area contributed by atoms with Crippen molar-refractivity contribution in [2.45, 2.75) is 38.3 Å². The molecule has 1 saturated carbocycles. The number of hydrogen-bond acceptors (Lipinski definition) is 7. The quantitative estimate of drug-likeness (QED) is 0.584. The second kappa shape index (κ2) is 8.55. The van der Waals surface area contributed by atoms with Crippen molar-refractivity contribution in [3.05, 3.63) is 52.9 Å². The molecule has 0 unspecified atom stereocenters. The van der Waals surface area contributed by atoms with E-state index in [9.17, 15) is 9.59 Å². The Hall–Kier alpha value is -3.33. The molecule has 3 heterocycles. The molecule has 10 heteroatoms. The normalized spacial score (nSPS) is 17.7. The first-order chi connectivity index (χ1) is 15.9. The van der Waals surface area contributed by atoms with E-state index in [0.717, 1.165) is 55.5 Å². The number of pyridine rings is 1. The van der Waals surface area contributed by atoms with Gasteiger partial charge in [0, 0.05) is 35.6 Å². The Morgan fingerprint density at radius 3 is 2.73 bits per heavy atom. The number of alkyl carbamates (subject to hydrolysis) is 1. The average Bonchev–Trinajstić information content (AvgIpc) is 3.26. The van der Waals surface area contributed by atoms with Gasteiger partial charge in [-0.3, -0.25) is 4.79 Å². The molecule has 3 aromatic rings. The molecule has 9 nitrogen and oxygen atoms in total. The van der Waals surface area contributed by atoms with E-state index in [1.54, 1.807) is 0 Å². The highest BCUT2D eigenvalue weighted by Gasteiger charge is 2.46. The highest BCUT2D eigenvalue weighted by Crippen LogP contribution is 2.49. The summed E-state index contributed by atoms with van der Waals surface area (Å²) in [5.74, 6) is 0.563. The fourth-order valence-electron chi connectivity index (χ4n) is 4.81. The number of hydrogen-bond donors (Lipinski definition) is 2. The Bertz CT molecular complexity index is 1200. The third kappa shape index (κ3) is 4.59. The fourth-order valence-corrected chi connectivity index (χ4v) is 4.99. The molecule has 1 aromatic carbocycles. The van der Waals surface area contributed by atoms with Crippen LogP contribution in [0.5, 0.6) is 0 Å². The lowest BCUT2D eigenvalue weighted by molar-refractivity contribution is 0.0457. The number of nitrogens with one attached hydrogen (secondary N) is 1. The number of carbonyl (C=O) groups is 2. The Morgan fingerprint density at radius 1 is 1.21 bits per heavy atom. The number of piperidine rings is 1. The molecule has 0 radical (unpaired) electrons. The van der Waals surface area contributed by atoms with Crippen LogP contribution in [-0.4, -0.2) is 41.3 Å². The number of nitrogens with zero attached hydrogens (tertiary/aromatic N) is 3. The van der Waals surface area contributed by atoms with Crippen LogP contribution in [0.25, 0.3) is 10.9 Å². The van der Waals surface area contributed by atoms with E-state index in [-0.39, 0.29) is 29.5 Å². The summed E-state index contributed by atoms with van der Waals surface area (Å²) in [4.78, 5) is 30.2. The first-order valence-corrected chi connectivity index (χ1v) is 11.3. The van der Waals surface area contributed by atoms with Gasteiger partial charge in [-0.25, -0.2) is 9.78 Å². The van der Waals surface area contributed by atoms with Gasteiger partial charge >= 0.3 is 6.09 Å². The number of primary amides is 1. The van der Waals surface area contributed by atoms with Crippen LogP contribution in [0, 0.1) is 5.41 Å². The van der Waals surface area contributed by atoms with Crippen molar-refractivity contribution < 1.29 is 18.8 Å². The van der Waals surface area contributed by atoms with Crippen molar-refractivity contribution in [3.8, 4) is 0 Å². The molecular formula is C23H24ClN5O4. The summed E-state index contributed by atoms with van der Waals surface area (Å²) in [7, 11) is 0. The summed E-state index contributed by atoms with van der Waals surface area (Å²) in [5.41, 5.74) is 6.33. The first kappa shape index (κ1) is 21.5. The number of benzene rings is 1. The maximum absolute atomic E-state index is 12.1. The Morgan fingerprint density at radius 2 is 2.00 bits per heavy atom. The van der Waals surface area contributed by atoms with Gasteiger partial charge in [0.1, 0.15) is 5.82 Å². The van der Waals surface area contributed by atoms with Crippen molar-refractivity contribution in [3.63, 3.8) is 0 Å². The van der Waals surface area contributed by atoms with Crippen LogP contribution < -0.4 is 16.0 Å². The van der Waals surface area contributed by atoms with Crippen LogP contribution in [0.4, 0.5) is 10.6 Å². The molecule has 1 spiro atoms. The zero-order valence-electron chi connectivity index (χ0n) is 17.9. The van der Waals surface area contributed by atoms with Crippen molar-refractivity contribution in [2.24, 2.45) is 11.1 Å². The lowest BCUT2D eigenvalue weighted by atomic mass is 9.60. The second-order valence-corrected chi connectivity index (χ2v) is 9.30. The van der Waals surface area contributed by atoms with Crippen molar-refractivity contribution in [1.29, 1.82) is 0 Å².